The van der Waals surface area contributed by atoms with Gasteiger partial charge in [-0.1, -0.05) is 97.1 Å². The third-order valence-electron chi connectivity index (χ3n) is 8.81. The maximum Gasteiger partial charge on any atom is 0.251 e. The standard InChI is InChI=1S/C36H20N16/c1-5-13-21-17(9-1)25-37-26-18-10-2-6-14-22(18)30(40-26)44-35-48-36(52-51-35)46-32-24-16-8-4-12-20(24)28(42-32)38-27-19-11-3-7-15-23(19)31(41-27)45-34-47-33(49-50-34)43-29(21)39-25/h1-16H,(H4,37,38,39,40,41,42,43,44,45,46,47,48,49,50,51,52). The molecule has 8 aromatic rings. The summed E-state index contributed by atoms with van der Waals surface area (Å²) in [4.78, 5) is 51.4. The highest BCUT2D eigenvalue weighted by Crippen LogP contribution is 2.24. The molecule has 244 valence electrons. The van der Waals surface area contributed by atoms with Crippen LogP contribution in [0, 0.1) is 0 Å². The van der Waals surface area contributed by atoms with E-state index in [-0.39, 0.29) is 23.8 Å². The van der Waals surface area contributed by atoms with Crippen LogP contribution in [-0.4, -0.2) is 63.7 Å². The summed E-state index contributed by atoms with van der Waals surface area (Å²) in [7, 11) is 0. The van der Waals surface area contributed by atoms with Gasteiger partial charge in [0.15, 0.2) is 23.3 Å². The lowest BCUT2D eigenvalue weighted by molar-refractivity contribution is 1.05. The SMILES string of the molecule is c1ccc2c(c1)C1=NC2=Nc2nnc([nH]2)N=c2[nH]c(c3ccccc23)=NC2=NC(=Nc3nnc([nH]3)N=c3[nH]c(c4ccccc34)=N1)c1ccccc12. The lowest BCUT2D eigenvalue weighted by atomic mass is 10.1. The molecule has 0 radical (unpaired) electrons. The third-order valence-corrected chi connectivity index (χ3v) is 8.81. The van der Waals surface area contributed by atoms with Crippen LogP contribution in [0.2, 0.25) is 0 Å². The van der Waals surface area contributed by atoms with Gasteiger partial charge in [-0.2, -0.15) is 20.0 Å². The molecule has 12 bridgehead atoms. The zero-order valence-corrected chi connectivity index (χ0v) is 26.6. The Morgan fingerprint density at radius 3 is 0.923 bits per heavy atom. The quantitative estimate of drug-likeness (QED) is 0.190. The number of benzene rings is 4. The number of aliphatic imine (C=N–C) groups is 4. The van der Waals surface area contributed by atoms with Crippen molar-refractivity contribution in [2.24, 2.45) is 39.9 Å². The molecule has 0 unspecified atom stereocenters. The molecule has 0 atom stereocenters. The average molecular weight is 677 g/mol. The highest BCUT2D eigenvalue weighted by Gasteiger charge is 2.24. The monoisotopic (exact) mass is 676 g/mol. The van der Waals surface area contributed by atoms with Gasteiger partial charge in [-0.25, -0.2) is 20.0 Å². The van der Waals surface area contributed by atoms with Gasteiger partial charge in [-0.15, -0.1) is 20.4 Å². The van der Waals surface area contributed by atoms with Gasteiger partial charge in [0.2, 0.25) is 0 Å². The predicted octanol–water partition coefficient (Wildman–Crippen LogP) is 3.42. The molecule has 3 aliphatic heterocycles. The van der Waals surface area contributed by atoms with Crippen molar-refractivity contribution in [3.63, 3.8) is 0 Å². The van der Waals surface area contributed by atoms with E-state index in [2.05, 4.69) is 40.3 Å². The molecule has 0 saturated carbocycles. The molecule has 16 nitrogen and oxygen atoms in total. The van der Waals surface area contributed by atoms with Gasteiger partial charge in [0.25, 0.3) is 23.8 Å². The number of H-pyrrole nitrogens is 4. The van der Waals surface area contributed by atoms with Crippen molar-refractivity contribution in [1.29, 1.82) is 0 Å². The predicted molar refractivity (Wildman–Crippen MR) is 192 cm³/mol. The molecule has 4 N–H and O–H groups in total. The Morgan fingerprint density at radius 2 is 0.558 bits per heavy atom. The fourth-order valence-electron chi connectivity index (χ4n) is 6.48. The minimum Gasteiger partial charge on any atom is -0.324 e. The maximum absolute atomic E-state index is 4.97. The van der Waals surface area contributed by atoms with Crippen LogP contribution < -0.4 is 22.0 Å². The number of hydrogen-bond acceptors (Lipinski definition) is 12. The summed E-state index contributed by atoms with van der Waals surface area (Å²) in [6, 6.07) is 31.2. The minimum atomic E-state index is 0.241. The number of aromatic amines is 4. The van der Waals surface area contributed by atoms with Gasteiger partial charge in [0.05, 0.1) is 0 Å². The Kier molecular flexibility index (Phi) is 5.82. The van der Waals surface area contributed by atoms with E-state index in [1.165, 1.54) is 0 Å². The molecule has 0 spiro atoms. The van der Waals surface area contributed by atoms with Crippen LogP contribution in [0.25, 0.3) is 21.5 Å². The number of amidine groups is 4. The largest absolute Gasteiger partial charge is 0.324 e. The number of nitrogens with one attached hydrogen (secondary N) is 4. The molecule has 0 aliphatic carbocycles. The highest BCUT2D eigenvalue weighted by atomic mass is 15.3. The van der Waals surface area contributed by atoms with Crippen molar-refractivity contribution < 1.29 is 0 Å². The van der Waals surface area contributed by atoms with E-state index in [1.807, 2.05) is 97.1 Å². The second-order valence-electron chi connectivity index (χ2n) is 12.0. The summed E-state index contributed by atoms with van der Waals surface area (Å²) >= 11 is 0. The third kappa shape index (κ3) is 4.48. The summed E-state index contributed by atoms with van der Waals surface area (Å²) in [5.74, 6) is 2.83. The molecule has 3 aliphatic rings. The molecule has 11 rings (SSSR count). The Morgan fingerprint density at radius 1 is 0.269 bits per heavy atom. The molecule has 52 heavy (non-hydrogen) atoms. The van der Waals surface area contributed by atoms with Crippen LogP contribution in [0.5, 0.6) is 0 Å². The Hall–Kier alpha value is -7.88. The molecule has 7 heterocycles. The van der Waals surface area contributed by atoms with Gasteiger partial charge < -0.3 is 9.97 Å². The van der Waals surface area contributed by atoms with Gasteiger partial charge in [0.1, 0.15) is 22.0 Å². The molecule has 0 amide bonds. The van der Waals surface area contributed by atoms with Crippen molar-refractivity contribution in [3.05, 3.63) is 141 Å². The summed E-state index contributed by atoms with van der Waals surface area (Å²) in [6.07, 6.45) is 0. The molecular formula is C36H20N16. The van der Waals surface area contributed by atoms with Crippen LogP contribution in [0.4, 0.5) is 23.8 Å². The minimum absolute atomic E-state index is 0.241. The van der Waals surface area contributed by atoms with Crippen molar-refractivity contribution in [2.45, 2.75) is 0 Å². The van der Waals surface area contributed by atoms with Gasteiger partial charge in [0, 0.05) is 43.8 Å². The summed E-state index contributed by atoms with van der Waals surface area (Å²) in [5.41, 5.74) is 5.48. The number of hydrogen-bond donors (Lipinski definition) is 4. The smallest absolute Gasteiger partial charge is 0.251 e. The first-order valence-corrected chi connectivity index (χ1v) is 16.2. The number of rotatable bonds is 0. The summed E-state index contributed by atoms with van der Waals surface area (Å²) in [5, 5.41) is 20.4. The lowest BCUT2D eigenvalue weighted by Gasteiger charge is -1.97. The Bertz CT molecular complexity index is 2990. The van der Waals surface area contributed by atoms with Crippen LogP contribution >= 0.6 is 0 Å². The number of aromatic nitrogens is 8. The van der Waals surface area contributed by atoms with E-state index >= 15 is 0 Å². The van der Waals surface area contributed by atoms with E-state index in [1.54, 1.807) is 0 Å². The van der Waals surface area contributed by atoms with Crippen LogP contribution in [0.3, 0.4) is 0 Å². The van der Waals surface area contributed by atoms with Crippen LogP contribution in [0.15, 0.2) is 137 Å². The summed E-state index contributed by atoms with van der Waals surface area (Å²) < 4.78 is 0. The van der Waals surface area contributed by atoms with E-state index in [0.29, 0.717) is 45.3 Å². The fourth-order valence-corrected chi connectivity index (χ4v) is 6.48. The van der Waals surface area contributed by atoms with Gasteiger partial charge in [-0.3, -0.25) is 9.97 Å². The lowest BCUT2D eigenvalue weighted by Crippen LogP contribution is -2.13. The van der Waals surface area contributed by atoms with Crippen molar-refractivity contribution in [3.8, 4) is 0 Å². The van der Waals surface area contributed by atoms with E-state index in [9.17, 15) is 0 Å². The summed E-state index contributed by atoms with van der Waals surface area (Å²) in [6.45, 7) is 0. The molecule has 16 heteroatoms. The Balaban J connectivity index is 1.17. The van der Waals surface area contributed by atoms with Crippen LogP contribution in [0.1, 0.15) is 22.3 Å². The first kappa shape index (κ1) is 28.0. The van der Waals surface area contributed by atoms with Crippen molar-refractivity contribution in [1.82, 2.24) is 40.3 Å². The van der Waals surface area contributed by atoms with Crippen molar-refractivity contribution >= 4 is 68.7 Å². The van der Waals surface area contributed by atoms with E-state index in [4.69, 9.17) is 39.9 Å². The molecule has 0 fully saturated rings. The molecule has 4 aromatic heterocycles. The zero-order valence-electron chi connectivity index (χ0n) is 26.6. The van der Waals surface area contributed by atoms with Crippen molar-refractivity contribution in [2.75, 3.05) is 0 Å². The second-order valence-corrected chi connectivity index (χ2v) is 12.0. The van der Waals surface area contributed by atoms with E-state index < -0.39 is 0 Å². The second kappa shape index (κ2) is 10.8. The first-order valence-electron chi connectivity index (χ1n) is 16.2. The highest BCUT2D eigenvalue weighted by molar-refractivity contribution is 6.24. The van der Waals surface area contributed by atoms with Crippen LogP contribution in [-0.2, 0) is 0 Å². The maximum atomic E-state index is 4.97. The normalized spacial score (nSPS) is 14.5. The zero-order chi connectivity index (χ0) is 34.2. The average Bonchev–Trinajstić information content (AvgIpc) is 4.04. The number of nitrogens with zero attached hydrogens (tertiary/aromatic N) is 12. The van der Waals surface area contributed by atoms with Gasteiger partial charge >= 0.3 is 0 Å². The number of fused-ring (bicyclic) bond motifs is 22. The fraction of sp³-hybridized carbons (Fsp3) is 0. The first-order chi connectivity index (χ1) is 25.7. The van der Waals surface area contributed by atoms with E-state index in [0.717, 1.165) is 43.8 Å². The van der Waals surface area contributed by atoms with Gasteiger partial charge in [-0.05, 0) is 0 Å². The molecule has 0 saturated heterocycles. The Labute approximate surface area is 289 Å². The molecular weight excluding hydrogens is 657 g/mol. The molecule has 4 aromatic carbocycles. The topological polar surface area (TPSA) is 214 Å².